The van der Waals surface area contributed by atoms with Gasteiger partial charge in [-0.05, 0) is 12.9 Å². The minimum Gasteiger partial charge on any atom is -0.725 e. The fourth-order valence-corrected chi connectivity index (χ4v) is 0. The van der Waals surface area contributed by atoms with Crippen LogP contribution in [0.25, 0.3) is 0 Å². The van der Waals surface area contributed by atoms with Crippen molar-refractivity contribution in [3.8, 4) is 0 Å². The molecule has 0 saturated carbocycles. The summed E-state index contributed by atoms with van der Waals surface area (Å²) in [5.41, 5.74) is 0. The molecule has 0 bridgehead atoms. The molecule has 0 aliphatic carbocycles. The van der Waals surface area contributed by atoms with Gasteiger partial charge < -0.3 is 4.55 Å². The highest BCUT2D eigenvalue weighted by atomic mass is 32.3. The second-order valence-corrected chi connectivity index (χ2v) is 1.90. The average molecular weight is 129 g/mol. The van der Waals surface area contributed by atoms with E-state index in [9.17, 15) is 0 Å². The first-order valence-electron chi connectivity index (χ1n) is 0.849. The number of thiol groups is 1. The van der Waals surface area contributed by atoms with Gasteiger partial charge in [-0.1, -0.05) is 0 Å². The van der Waals surface area contributed by atoms with Crippen molar-refractivity contribution in [2.75, 3.05) is 0 Å². The smallest absolute Gasteiger partial charge is 0.228 e. The lowest BCUT2D eigenvalue weighted by Crippen LogP contribution is -1.93. The molecule has 0 rings (SSSR count). The zero-order chi connectivity index (χ0) is 5.21. The van der Waals surface area contributed by atoms with E-state index >= 15 is 0 Å². The quantitative estimate of drug-likeness (QED) is 0.220. The summed E-state index contributed by atoms with van der Waals surface area (Å²) in [6.07, 6.45) is 0. The summed E-state index contributed by atoms with van der Waals surface area (Å²) < 4.78 is 30.5. The van der Waals surface area contributed by atoms with Crippen LogP contribution < -0.4 is 0 Å². The van der Waals surface area contributed by atoms with Gasteiger partial charge in [0.1, 0.15) is 0 Å². The predicted molar refractivity (Wildman–Crippen MR) is 19.8 cm³/mol. The Bertz CT molecular complexity index is 108. The predicted octanol–water partition coefficient (Wildman–Crippen LogP) is -0.692. The Balaban J connectivity index is 3.85. The van der Waals surface area contributed by atoms with Gasteiger partial charge in [0.15, 0.2) is 0 Å². The Hall–Kier alpha value is 0.220. The van der Waals surface area contributed by atoms with E-state index in [-0.39, 0.29) is 0 Å². The van der Waals surface area contributed by atoms with Gasteiger partial charge in [-0.15, -0.1) is 0 Å². The summed E-state index contributed by atoms with van der Waals surface area (Å²) in [6.45, 7) is 0. The summed E-state index contributed by atoms with van der Waals surface area (Å²) in [4.78, 5) is 0. The molecule has 6 heteroatoms. The Morgan fingerprint density at radius 3 is 1.83 bits per heavy atom. The van der Waals surface area contributed by atoms with Crippen molar-refractivity contribution in [3.63, 3.8) is 0 Å². The molecule has 0 saturated heterocycles. The van der Waals surface area contributed by atoms with Crippen LogP contribution in [0.4, 0.5) is 0 Å². The maximum atomic E-state index is 9.15. The van der Waals surface area contributed by atoms with Crippen molar-refractivity contribution in [2.45, 2.75) is 0 Å². The van der Waals surface area contributed by atoms with Crippen LogP contribution in [0, 0.1) is 0 Å². The Kier molecular flexibility index (Phi) is 1.85. The molecule has 0 radical (unpaired) electrons. The van der Waals surface area contributed by atoms with E-state index in [1.807, 2.05) is 0 Å². The normalized spacial score (nSPS) is 11.7. The van der Waals surface area contributed by atoms with Crippen LogP contribution >= 0.6 is 12.9 Å². The average Bonchev–Trinajstić information content (AvgIpc) is 1.35. The number of rotatable bonds is 1. The van der Waals surface area contributed by atoms with Crippen LogP contribution in [0.1, 0.15) is 0 Å². The second-order valence-electron chi connectivity index (χ2n) is 0.483. The summed E-state index contributed by atoms with van der Waals surface area (Å²) in [7, 11) is -4.55. The minimum atomic E-state index is -4.55. The molecule has 0 spiro atoms. The molecule has 0 aliphatic heterocycles. The highest BCUT2D eigenvalue weighted by Crippen LogP contribution is 1.85. The first-order valence-corrected chi connectivity index (χ1v) is 2.55. The van der Waals surface area contributed by atoms with E-state index in [1.54, 1.807) is 0 Å². The highest BCUT2D eigenvalue weighted by molar-refractivity contribution is 7.91. The van der Waals surface area contributed by atoms with Crippen LogP contribution in [-0.4, -0.2) is 13.0 Å². The Morgan fingerprint density at radius 2 is 1.83 bits per heavy atom. The molecular weight excluding hydrogens is 128 g/mol. The molecule has 0 amide bonds. The number of hydrogen-bond acceptors (Lipinski definition) is 5. The van der Waals surface area contributed by atoms with E-state index in [2.05, 4.69) is 16.5 Å². The van der Waals surface area contributed by atoms with Crippen LogP contribution in [0.3, 0.4) is 0 Å². The lowest BCUT2D eigenvalue weighted by Gasteiger charge is -1.96. The third kappa shape index (κ3) is 4.22. The van der Waals surface area contributed by atoms with Gasteiger partial charge in [0, 0.05) is 0 Å². The van der Waals surface area contributed by atoms with Gasteiger partial charge in [0.25, 0.3) is 0 Å². The molecule has 38 valence electrons. The fraction of sp³-hybridized carbons (Fsp3) is 0. The van der Waals surface area contributed by atoms with Crippen LogP contribution in [-0.2, 0) is 14.0 Å². The van der Waals surface area contributed by atoms with Crippen molar-refractivity contribution in [1.29, 1.82) is 0 Å². The molecule has 6 heavy (non-hydrogen) atoms. The summed E-state index contributed by atoms with van der Waals surface area (Å²) in [6, 6.07) is 0. The van der Waals surface area contributed by atoms with Crippen molar-refractivity contribution in [1.82, 2.24) is 0 Å². The van der Waals surface area contributed by atoms with Gasteiger partial charge in [-0.3, -0.25) is 0 Å². The third-order valence-electron chi connectivity index (χ3n) is 0.0913. The van der Waals surface area contributed by atoms with Crippen LogP contribution in [0.2, 0.25) is 0 Å². The van der Waals surface area contributed by atoms with Crippen molar-refractivity contribution < 1.29 is 16.6 Å². The van der Waals surface area contributed by atoms with E-state index in [1.165, 1.54) is 0 Å². The molecule has 0 aliphatic rings. The largest absolute Gasteiger partial charge is 0.725 e. The minimum absolute atomic E-state index is 2.70. The molecule has 0 aromatic rings. The monoisotopic (exact) mass is 129 g/mol. The lowest BCUT2D eigenvalue weighted by atomic mass is 15.8. The van der Waals surface area contributed by atoms with Gasteiger partial charge in [0.05, 0.1) is 0 Å². The zero-order valence-electron chi connectivity index (χ0n) is 2.49. The molecule has 0 fully saturated rings. The maximum Gasteiger partial charge on any atom is 0.228 e. The molecule has 0 aromatic carbocycles. The summed E-state index contributed by atoms with van der Waals surface area (Å²) in [5, 5.41) is 0. The van der Waals surface area contributed by atoms with Gasteiger partial charge in [-0.2, -0.15) is 0 Å². The summed E-state index contributed by atoms with van der Waals surface area (Å²) in [5.74, 6) is 0. The topological polar surface area (TPSA) is 66.4 Å². The van der Waals surface area contributed by atoms with Gasteiger partial charge >= 0.3 is 0 Å². The fourth-order valence-electron chi connectivity index (χ4n) is 0. The van der Waals surface area contributed by atoms with Gasteiger partial charge in [-0.25, -0.2) is 12.0 Å². The van der Waals surface area contributed by atoms with Crippen LogP contribution in [0.15, 0.2) is 0 Å². The van der Waals surface area contributed by atoms with Crippen molar-refractivity contribution >= 4 is 23.3 Å². The van der Waals surface area contributed by atoms with E-state index in [0.717, 1.165) is 0 Å². The first kappa shape index (κ1) is 6.22. The summed E-state index contributed by atoms with van der Waals surface area (Å²) >= 11 is 2.70. The third-order valence-corrected chi connectivity index (χ3v) is 0.822. The Morgan fingerprint density at radius 1 is 1.67 bits per heavy atom. The lowest BCUT2D eigenvalue weighted by molar-refractivity contribution is 0.393. The molecule has 0 atom stereocenters. The molecule has 0 N–H and O–H groups in total. The van der Waals surface area contributed by atoms with Crippen LogP contribution in [0.5, 0.6) is 0 Å². The molecule has 0 heterocycles. The Labute approximate surface area is 40.7 Å². The van der Waals surface area contributed by atoms with Gasteiger partial charge in [0.2, 0.25) is 10.4 Å². The van der Waals surface area contributed by atoms with E-state index < -0.39 is 10.4 Å². The highest BCUT2D eigenvalue weighted by Gasteiger charge is 1.81. The zero-order valence-corrected chi connectivity index (χ0v) is 4.20. The van der Waals surface area contributed by atoms with E-state index in [4.69, 9.17) is 13.0 Å². The molecular formula is HO4S2-. The SMILES string of the molecule is O=S(=O)([O-])OS. The molecule has 4 nitrogen and oxygen atoms in total. The maximum absolute atomic E-state index is 9.15. The van der Waals surface area contributed by atoms with Crippen molar-refractivity contribution in [2.24, 2.45) is 0 Å². The number of hydrogen-bond donors (Lipinski definition) is 1. The first-order chi connectivity index (χ1) is 2.56. The molecule has 0 unspecified atom stereocenters. The molecule has 0 aromatic heterocycles. The second kappa shape index (κ2) is 1.78. The van der Waals surface area contributed by atoms with Crippen molar-refractivity contribution in [3.05, 3.63) is 0 Å². The van der Waals surface area contributed by atoms with E-state index in [0.29, 0.717) is 0 Å². The standard InChI is InChI=1S/H2O4S2/c1-6(2,3)4-5/h5H,(H,1,2,3)/p-1.